The number of carbonyl (C=O) groups excluding carboxylic acids is 1. The van der Waals surface area contributed by atoms with Gasteiger partial charge in [-0.1, -0.05) is 42.5 Å². The largest absolute Gasteiger partial charge is 0.493 e. The fourth-order valence-corrected chi connectivity index (χ4v) is 3.60. The van der Waals surface area contributed by atoms with E-state index >= 15 is 0 Å². The monoisotopic (exact) mass is 368 g/mol. The van der Waals surface area contributed by atoms with Crippen molar-refractivity contribution in [2.45, 2.75) is 19.1 Å². The number of amides is 1. The molecule has 144 valence electrons. The number of hydrogen-bond donors (Lipinski definition) is 0. The van der Waals surface area contributed by atoms with Crippen molar-refractivity contribution >= 4 is 5.91 Å². The van der Waals surface area contributed by atoms with Gasteiger partial charge in [-0.25, -0.2) is 0 Å². The Morgan fingerprint density at radius 1 is 1.15 bits per heavy atom. The maximum absolute atomic E-state index is 13.5. The van der Waals surface area contributed by atoms with E-state index in [2.05, 4.69) is 17.0 Å². The second-order valence-electron chi connectivity index (χ2n) is 6.95. The Kier molecular flexibility index (Phi) is 6.48. The van der Waals surface area contributed by atoms with E-state index < -0.39 is 0 Å². The van der Waals surface area contributed by atoms with Gasteiger partial charge in [0.15, 0.2) is 0 Å². The number of benzene rings is 2. The molecule has 1 aliphatic rings. The first kappa shape index (κ1) is 19.4. The summed E-state index contributed by atoms with van der Waals surface area (Å²) in [5.74, 6) is 0.618. The number of likely N-dealkylation sites (N-methyl/N-ethyl adjacent to an activating group) is 1. The smallest absolute Gasteiger partial charge is 0.258 e. The van der Waals surface area contributed by atoms with Gasteiger partial charge in [0.2, 0.25) is 0 Å². The maximum Gasteiger partial charge on any atom is 0.258 e. The summed E-state index contributed by atoms with van der Waals surface area (Å²) in [4.78, 5) is 17.5. The zero-order chi connectivity index (χ0) is 19.2. The van der Waals surface area contributed by atoms with Crippen LogP contribution >= 0.6 is 0 Å². The van der Waals surface area contributed by atoms with Crippen molar-refractivity contribution in [2.75, 3.05) is 40.4 Å². The lowest BCUT2D eigenvalue weighted by Gasteiger charge is -2.42. The third-order valence-electron chi connectivity index (χ3n) is 4.72. The molecule has 1 amide bonds. The lowest BCUT2D eigenvalue weighted by molar-refractivity contribution is -0.0685. The molecule has 2 aromatic rings. The van der Waals surface area contributed by atoms with Gasteiger partial charge in [-0.3, -0.25) is 4.79 Å². The van der Waals surface area contributed by atoms with E-state index in [1.54, 1.807) is 0 Å². The second-order valence-corrected chi connectivity index (χ2v) is 6.95. The van der Waals surface area contributed by atoms with Gasteiger partial charge in [0.25, 0.3) is 5.91 Å². The molecule has 0 spiro atoms. The summed E-state index contributed by atoms with van der Waals surface area (Å²) >= 11 is 0. The topological polar surface area (TPSA) is 42.0 Å². The van der Waals surface area contributed by atoms with E-state index in [9.17, 15) is 4.79 Å². The minimum absolute atomic E-state index is 0.0139. The summed E-state index contributed by atoms with van der Waals surface area (Å²) in [6.45, 7) is 4.29. The molecule has 2 atom stereocenters. The molecule has 0 N–H and O–H groups in total. The predicted octanol–water partition coefficient (Wildman–Crippen LogP) is 3.23. The van der Waals surface area contributed by atoms with Crippen LogP contribution in [0.2, 0.25) is 0 Å². The fraction of sp³-hybridized carbons (Fsp3) is 0.409. The summed E-state index contributed by atoms with van der Waals surface area (Å²) in [6, 6.07) is 17.5. The van der Waals surface area contributed by atoms with Crippen molar-refractivity contribution in [3.63, 3.8) is 0 Å². The van der Waals surface area contributed by atoms with Crippen LogP contribution in [-0.4, -0.2) is 62.2 Å². The van der Waals surface area contributed by atoms with Crippen molar-refractivity contribution in [3.05, 3.63) is 65.7 Å². The minimum atomic E-state index is -0.135. The molecule has 5 heteroatoms. The summed E-state index contributed by atoms with van der Waals surface area (Å²) in [7, 11) is 4.05. The quantitative estimate of drug-likeness (QED) is 0.785. The molecule has 0 unspecified atom stereocenters. The Labute approximate surface area is 161 Å². The molecule has 0 saturated carbocycles. The molecule has 1 aliphatic heterocycles. The van der Waals surface area contributed by atoms with Crippen LogP contribution in [0.4, 0.5) is 0 Å². The zero-order valence-corrected chi connectivity index (χ0v) is 16.3. The fourth-order valence-electron chi connectivity index (χ4n) is 3.60. The van der Waals surface area contributed by atoms with Gasteiger partial charge in [-0.2, -0.15) is 0 Å². The first-order chi connectivity index (χ1) is 13.1. The third kappa shape index (κ3) is 4.49. The highest BCUT2D eigenvalue weighted by Gasteiger charge is 2.37. The number of ether oxygens (including phenoxy) is 2. The van der Waals surface area contributed by atoms with Crippen LogP contribution in [0.25, 0.3) is 0 Å². The van der Waals surface area contributed by atoms with E-state index in [1.807, 2.05) is 68.4 Å². The molecule has 0 aromatic heterocycles. The minimum Gasteiger partial charge on any atom is -0.493 e. The molecular weight excluding hydrogens is 340 g/mol. The van der Waals surface area contributed by atoms with Gasteiger partial charge in [0.1, 0.15) is 5.75 Å². The number of carbonyl (C=O) groups is 1. The number of rotatable bonds is 6. The van der Waals surface area contributed by atoms with Crippen LogP contribution < -0.4 is 4.74 Å². The van der Waals surface area contributed by atoms with Crippen molar-refractivity contribution in [1.29, 1.82) is 0 Å². The molecule has 1 saturated heterocycles. The number of nitrogens with zero attached hydrogens (tertiary/aromatic N) is 2. The number of hydrogen-bond acceptors (Lipinski definition) is 4. The Morgan fingerprint density at radius 2 is 1.85 bits per heavy atom. The average molecular weight is 368 g/mol. The van der Waals surface area contributed by atoms with E-state index in [1.165, 1.54) is 0 Å². The van der Waals surface area contributed by atoms with E-state index in [4.69, 9.17) is 9.47 Å². The summed E-state index contributed by atoms with van der Waals surface area (Å²) in [5, 5.41) is 0. The Hall–Kier alpha value is -2.37. The molecule has 1 heterocycles. The predicted molar refractivity (Wildman–Crippen MR) is 106 cm³/mol. The van der Waals surface area contributed by atoms with Crippen LogP contribution in [-0.2, 0) is 4.74 Å². The van der Waals surface area contributed by atoms with Gasteiger partial charge in [-0.05, 0) is 38.7 Å². The van der Waals surface area contributed by atoms with Crippen molar-refractivity contribution in [1.82, 2.24) is 9.80 Å². The SMILES string of the molecule is CCOc1ccccc1C(=O)N1CCO[C@@H](CN(C)C)[C@@H]1c1ccccc1. The number of morpholine rings is 1. The standard InChI is InChI=1S/C22H28N2O3/c1-4-26-19-13-9-8-12-18(19)22(25)24-14-15-27-20(16-23(2)3)21(24)17-10-6-5-7-11-17/h5-13,20-21H,4,14-16H2,1-3H3/t20-,21-/m0/s1. The van der Waals surface area contributed by atoms with Crippen molar-refractivity contribution < 1.29 is 14.3 Å². The highest BCUT2D eigenvalue weighted by molar-refractivity contribution is 5.97. The molecule has 1 fully saturated rings. The van der Waals surface area contributed by atoms with Gasteiger partial charge in [0, 0.05) is 13.1 Å². The zero-order valence-electron chi connectivity index (χ0n) is 16.3. The summed E-state index contributed by atoms with van der Waals surface area (Å²) in [6.07, 6.45) is -0.0839. The van der Waals surface area contributed by atoms with Gasteiger partial charge < -0.3 is 19.3 Å². The van der Waals surface area contributed by atoms with Gasteiger partial charge >= 0.3 is 0 Å². The Balaban J connectivity index is 1.97. The molecule has 0 radical (unpaired) electrons. The molecular formula is C22H28N2O3. The van der Waals surface area contributed by atoms with Crippen molar-refractivity contribution in [3.8, 4) is 5.75 Å². The van der Waals surface area contributed by atoms with Crippen LogP contribution in [0.3, 0.4) is 0 Å². The van der Waals surface area contributed by atoms with Crippen LogP contribution in [0.15, 0.2) is 54.6 Å². The van der Waals surface area contributed by atoms with E-state index in [0.717, 1.165) is 12.1 Å². The Bertz CT molecular complexity index is 748. The van der Waals surface area contributed by atoms with E-state index in [-0.39, 0.29) is 18.1 Å². The summed E-state index contributed by atoms with van der Waals surface area (Å²) < 4.78 is 11.8. The molecule has 5 nitrogen and oxygen atoms in total. The molecule has 3 rings (SSSR count). The van der Waals surface area contributed by atoms with Crippen LogP contribution in [0.1, 0.15) is 28.9 Å². The summed E-state index contributed by atoms with van der Waals surface area (Å²) in [5.41, 5.74) is 1.69. The maximum atomic E-state index is 13.5. The Morgan fingerprint density at radius 3 is 2.56 bits per heavy atom. The van der Waals surface area contributed by atoms with Gasteiger partial charge in [0.05, 0.1) is 30.9 Å². The first-order valence-corrected chi connectivity index (χ1v) is 9.46. The molecule has 2 aromatic carbocycles. The lowest BCUT2D eigenvalue weighted by atomic mass is 9.96. The molecule has 27 heavy (non-hydrogen) atoms. The lowest BCUT2D eigenvalue weighted by Crippen LogP contribution is -2.51. The second kappa shape index (κ2) is 9.02. The van der Waals surface area contributed by atoms with Crippen molar-refractivity contribution in [2.24, 2.45) is 0 Å². The van der Waals surface area contributed by atoms with Crippen LogP contribution in [0.5, 0.6) is 5.75 Å². The third-order valence-corrected chi connectivity index (χ3v) is 4.72. The van der Waals surface area contributed by atoms with E-state index in [0.29, 0.717) is 31.1 Å². The average Bonchev–Trinajstić information content (AvgIpc) is 2.68. The van der Waals surface area contributed by atoms with Gasteiger partial charge in [-0.15, -0.1) is 0 Å². The highest BCUT2D eigenvalue weighted by atomic mass is 16.5. The normalized spacial score (nSPS) is 19.9. The molecule has 0 aliphatic carbocycles. The van der Waals surface area contributed by atoms with Crippen LogP contribution in [0, 0.1) is 0 Å². The molecule has 0 bridgehead atoms. The first-order valence-electron chi connectivity index (χ1n) is 9.46. The number of para-hydroxylation sites is 1. The highest BCUT2D eigenvalue weighted by Crippen LogP contribution is 2.33.